The lowest BCUT2D eigenvalue weighted by atomic mass is 9.94. The third kappa shape index (κ3) is 6.13. The summed E-state index contributed by atoms with van der Waals surface area (Å²) in [5.74, 6) is 0.609. The summed E-state index contributed by atoms with van der Waals surface area (Å²) in [4.78, 5) is 0. The first-order chi connectivity index (χ1) is 6.97. The van der Waals surface area contributed by atoms with E-state index in [4.69, 9.17) is 9.47 Å². The minimum atomic E-state index is -0.327. The van der Waals surface area contributed by atoms with Gasteiger partial charge in [-0.3, -0.25) is 0 Å². The molecular weight excluding hydrogens is 192 g/mol. The van der Waals surface area contributed by atoms with E-state index < -0.39 is 0 Å². The molecule has 0 bridgehead atoms. The first-order valence-electron chi connectivity index (χ1n) is 5.87. The maximum Gasteiger partial charge on any atom is 0.0776 e. The van der Waals surface area contributed by atoms with Gasteiger partial charge in [-0.1, -0.05) is 0 Å². The molecule has 0 amide bonds. The van der Waals surface area contributed by atoms with Crippen LogP contribution in [0.25, 0.3) is 0 Å². The highest BCUT2D eigenvalue weighted by atomic mass is 16.5. The van der Waals surface area contributed by atoms with Crippen molar-refractivity contribution in [3.8, 4) is 0 Å². The topological polar surface area (TPSA) is 38.7 Å². The number of aliphatic hydroxyl groups is 1. The van der Waals surface area contributed by atoms with Crippen molar-refractivity contribution in [1.29, 1.82) is 0 Å². The number of aliphatic hydroxyl groups excluding tert-OH is 1. The molecule has 0 aliphatic carbocycles. The lowest BCUT2D eigenvalue weighted by molar-refractivity contribution is -0.0585. The van der Waals surface area contributed by atoms with E-state index in [0.717, 1.165) is 32.5 Å². The number of hydrogen-bond donors (Lipinski definition) is 1. The third-order valence-corrected chi connectivity index (χ3v) is 2.66. The molecule has 0 radical (unpaired) electrons. The first-order valence-corrected chi connectivity index (χ1v) is 5.87. The number of ether oxygens (including phenoxy) is 2. The fourth-order valence-corrected chi connectivity index (χ4v) is 1.78. The first kappa shape index (κ1) is 12.9. The second-order valence-corrected chi connectivity index (χ2v) is 5.37. The molecule has 1 heterocycles. The van der Waals surface area contributed by atoms with Crippen molar-refractivity contribution in [3.05, 3.63) is 0 Å². The predicted octanol–water partition coefficient (Wildman–Crippen LogP) is 1.98. The molecule has 0 saturated carbocycles. The molecule has 1 fully saturated rings. The molecule has 1 aliphatic rings. The van der Waals surface area contributed by atoms with E-state index in [0.29, 0.717) is 12.5 Å². The van der Waals surface area contributed by atoms with Gasteiger partial charge in [-0.2, -0.15) is 0 Å². The minimum Gasteiger partial charge on any atom is -0.391 e. The van der Waals surface area contributed by atoms with E-state index in [9.17, 15) is 5.11 Å². The van der Waals surface area contributed by atoms with Gasteiger partial charge in [0.1, 0.15) is 0 Å². The van der Waals surface area contributed by atoms with Crippen LogP contribution in [-0.2, 0) is 9.47 Å². The highest BCUT2D eigenvalue weighted by Crippen LogP contribution is 2.20. The van der Waals surface area contributed by atoms with Crippen molar-refractivity contribution in [2.45, 2.75) is 51.7 Å². The zero-order chi connectivity index (χ0) is 11.3. The van der Waals surface area contributed by atoms with Crippen LogP contribution >= 0.6 is 0 Å². The largest absolute Gasteiger partial charge is 0.391 e. The van der Waals surface area contributed by atoms with Crippen molar-refractivity contribution < 1.29 is 14.6 Å². The Balaban J connectivity index is 2.14. The molecule has 1 atom stereocenters. The van der Waals surface area contributed by atoms with Crippen LogP contribution in [0.5, 0.6) is 0 Å². The lowest BCUT2D eigenvalue weighted by Gasteiger charge is -2.26. The highest BCUT2D eigenvalue weighted by molar-refractivity contribution is 4.69. The van der Waals surface area contributed by atoms with Gasteiger partial charge in [0, 0.05) is 13.2 Å². The van der Waals surface area contributed by atoms with Crippen molar-refractivity contribution in [3.63, 3.8) is 0 Å². The van der Waals surface area contributed by atoms with Crippen LogP contribution in [0.1, 0.15) is 40.0 Å². The smallest absolute Gasteiger partial charge is 0.0776 e. The van der Waals surface area contributed by atoms with E-state index in [-0.39, 0.29) is 11.7 Å². The monoisotopic (exact) mass is 216 g/mol. The van der Waals surface area contributed by atoms with Gasteiger partial charge in [-0.05, 0) is 46.0 Å². The molecule has 90 valence electrons. The Kier molecular flexibility index (Phi) is 5.03. The Bertz CT molecular complexity index is 168. The normalized spacial score (nSPS) is 21.6. The van der Waals surface area contributed by atoms with Gasteiger partial charge in [0.2, 0.25) is 0 Å². The molecule has 3 nitrogen and oxygen atoms in total. The van der Waals surface area contributed by atoms with Crippen LogP contribution in [0.15, 0.2) is 0 Å². The standard InChI is InChI=1S/C12H24O3/c1-12(2,3)15-9-11(13)8-10-4-6-14-7-5-10/h10-11,13H,4-9H2,1-3H3. The van der Waals surface area contributed by atoms with Gasteiger partial charge in [-0.25, -0.2) is 0 Å². The summed E-state index contributed by atoms with van der Waals surface area (Å²) in [6, 6.07) is 0. The van der Waals surface area contributed by atoms with Gasteiger partial charge < -0.3 is 14.6 Å². The van der Waals surface area contributed by atoms with Crippen LogP contribution in [0.2, 0.25) is 0 Å². The van der Waals surface area contributed by atoms with Crippen molar-refractivity contribution in [2.75, 3.05) is 19.8 Å². The maximum atomic E-state index is 9.80. The molecule has 3 heteroatoms. The molecule has 15 heavy (non-hydrogen) atoms. The van der Waals surface area contributed by atoms with Crippen LogP contribution in [0.4, 0.5) is 0 Å². The Morgan fingerprint density at radius 3 is 2.47 bits per heavy atom. The second-order valence-electron chi connectivity index (χ2n) is 5.37. The van der Waals surface area contributed by atoms with E-state index in [1.54, 1.807) is 0 Å². The SMILES string of the molecule is CC(C)(C)OCC(O)CC1CCOCC1. The van der Waals surface area contributed by atoms with Crippen LogP contribution < -0.4 is 0 Å². The molecule has 1 N–H and O–H groups in total. The summed E-state index contributed by atoms with van der Waals surface area (Å²) in [6.07, 6.45) is 2.67. The molecule has 0 aromatic carbocycles. The van der Waals surface area contributed by atoms with Crippen LogP contribution in [0, 0.1) is 5.92 Å². The van der Waals surface area contributed by atoms with Crippen LogP contribution in [-0.4, -0.2) is 36.6 Å². The maximum absolute atomic E-state index is 9.80. The van der Waals surface area contributed by atoms with Gasteiger partial charge in [0.25, 0.3) is 0 Å². The zero-order valence-corrected chi connectivity index (χ0v) is 10.2. The summed E-state index contributed by atoms with van der Waals surface area (Å²) in [5.41, 5.74) is -0.156. The molecular formula is C12H24O3. The Morgan fingerprint density at radius 1 is 1.33 bits per heavy atom. The van der Waals surface area contributed by atoms with E-state index in [2.05, 4.69) is 0 Å². The van der Waals surface area contributed by atoms with E-state index in [1.165, 1.54) is 0 Å². The quantitative estimate of drug-likeness (QED) is 0.781. The van der Waals surface area contributed by atoms with Gasteiger partial charge in [0.05, 0.1) is 18.3 Å². The van der Waals surface area contributed by atoms with Crippen molar-refractivity contribution >= 4 is 0 Å². The fourth-order valence-electron chi connectivity index (χ4n) is 1.78. The average molecular weight is 216 g/mol. The molecule has 0 spiro atoms. The van der Waals surface area contributed by atoms with Gasteiger partial charge in [0.15, 0.2) is 0 Å². The fraction of sp³-hybridized carbons (Fsp3) is 1.00. The second kappa shape index (κ2) is 5.83. The summed E-state index contributed by atoms with van der Waals surface area (Å²) < 4.78 is 10.8. The summed E-state index contributed by atoms with van der Waals surface area (Å²) in [5, 5.41) is 9.80. The lowest BCUT2D eigenvalue weighted by Crippen LogP contribution is -2.29. The van der Waals surface area contributed by atoms with Gasteiger partial charge in [-0.15, -0.1) is 0 Å². The number of hydrogen-bond acceptors (Lipinski definition) is 3. The van der Waals surface area contributed by atoms with Crippen LogP contribution in [0.3, 0.4) is 0 Å². The third-order valence-electron chi connectivity index (χ3n) is 2.66. The Labute approximate surface area is 92.8 Å². The minimum absolute atomic E-state index is 0.156. The average Bonchev–Trinajstić information content (AvgIpc) is 2.15. The van der Waals surface area contributed by atoms with Crippen molar-refractivity contribution in [2.24, 2.45) is 5.92 Å². The molecule has 0 aromatic heterocycles. The molecule has 0 aromatic rings. The molecule has 1 rings (SSSR count). The number of rotatable bonds is 4. The predicted molar refractivity (Wildman–Crippen MR) is 59.9 cm³/mol. The highest BCUT2D eigenvalue weighted by Gasteiger charge is 2.19. The summed E-state index contributed by atoms with van der Waals surface area (Å²) in [6.45, 7) is 8.16. The molecule has 1 saturated heterocycles. The Hall–Kier alpha value is -0.120. The van der Waals surface area contributed by atoms with E-state index >= 15 is 0 Å². The summed E-state index contributed by atoms with van der Waals surface area (Å²) in [7, 11) is 0. The Morgan fingerprint density at radius 2 is 1.93 bits per heavy atom. The summed E-state index contributed by atoms with van der Waals surface area (Å²) >= 11 is 0. The van der Waals surface area contributed by atoms with Crippen molar-refractivity contribution in [1.82, 2.24) is 0 Å². The van der Waals surface area contributed by atoms with E-state index in [1.807, 2.05) is 20.8 Å². The van der Waals surface area contributed by atoms with Gasteiger partial charge >= 0.3 is 0 Å². The molecule has 1 aliphatic heterocycles. The molecule has 1 unspecified atom stereocenters. The zero-order valence-electron chi connectivity index (χ0n) is 10.2.